The van der Waals surface area contributed by atoms with E-state index in [1.165, 1.54) is 0 Å². The first-order chi connectivity index (χ1) is 14.9. The zero-order valence-electron chi connectivity index (χ0n) is 18.3. The number of methoxy groups -OCH3 is 1. The minimum absolute atomic E-state index is 0.0430. The smallest absolute Gasteiger partial charge is 0.255 e. The van der Waals surface area contributed by atoms with Crippen molar-refractivity contribution < 1.29 is 14.3 Å². The molecule has 3 rings (SSSR count). The third-order valence-corrected chi connectivity index (χ3v) is 4.83. The molecule has 2 N–H and O–H groups in total. The van der Waals surface area contributed by atoms with Gasteiger partial charge in [-0.1, -0.05) is 43.7 Å². The average Bonchev–Trinajstić information content (AvgIpc) is 3.22. The summed E-state index contributed by atoms with van der Waals surface area (Å²) in [5.41, 5.74) is 3.79. The van der Waals surface area contributed by atoms with E-state index >= 15 is 0 Å². The zero-order chi connectivity index (χ0) is 22.4. The summed E-state index contributed by atoms with van der Waals surface area (Å²) in [6.07, 6.45) is 1.72. The van der Waals surface area contributed by atoms with Gasteiger partial charge in [0.05, 0.1) is 18.4 Å². The minimum atomic E-state index is -0.255. The van der Waals surface area contributed by atoms with Crippen LogP contribution in [0.3, 0.4) is 0 Å². The summed E-state index contributed by atoms with van der Waals surface area (Å²) >= 11 is 0. The number of ether oxygens (including phenoxy) is 1. The molecule has 0 fully saturated rings. The van der Waals surface area contributed by atoms with Crippen LogP contribution >= 0.6 is 0 Å². The largest absolute Gasteiger partial charge is 0.497 e. The van der Waals surface area contributed by atoms with Crippen LogP contribution in [0.2, 0.25) is 0 Å². The summed E-state index contributed by atoms with van der Waals surface area (Å²) in [7, 11) is 1.60. The van der Waals surface area contributed by atoms with Crippen LogP contribution in [0.5, 0.6) is 5.75 Å². The predicted octanol–water partition coefficient (Wildman–Crippen LogP) is 3.36. The fourth-order valence-electron chi connectivity index (χ4n) is 3.01. The van der Waals surface area contributed by atoms with Crippen molar-refractivity contribution in [2.75, 3.05) is 20.2 Å². The molecule has 31 heavy (non-hydrogen) atoms. The SMILES string of the molecule is COc1cccc(-c2nn(-c3ccc(C)cc3)cc2C(=O)NCCNC(=O)C(C)C)c1. The topological polar surface area (TPSA) is 85.2 Å². The van der Waals surface area contributed by atoms with Gasteiger partial charge in [0, 0.05) is 30.8 Å². The molecule has 0 radical (unpaired) electrons. The maximum Gasteiger partial charge on any atom is 0.255 e. The van der Waals surface area contributed by atoms with Gasteiger partial charge in [0.1, 0.15) is 11.4 Å². The van der Waals surface area contributed by atoms with Crippen LogP contribution in [-0.4, -0.2) is 41.8 Å². The van der Waals surface area contributed by atoms with Crippen molar-refractivity contribution in [3.8, 4) is 22.7 Å². The summed E-state index contributed by atoms with van der Waals surface area (Å²) in [5.74, 6) is 0.293. The molecule has 0 spiro atoms. The Labute approximate surface area is 182 Å². The first-order valence-corrected chi connectivity index (χ1v) is 10.3. The van der Waals surface area contributed by atoms with Crippen LogP contribution in [0.25, 0.3) is 16.9 Å². The van der Waals surface area contributed by atoms with Crippen molar-refractivity contribution in [3.63, 3.8) is 0 Å². The van der Waals surface area contributed by atoms with Gasteiger partial charge < -0.3 is 15.4 Å². The lowest BCUT2D eigenvalue weighted by molar-refractivity contribution is -0.123. The Morgan fingerprint density at radius 2 is 1.77 bits per heavy atom. The van der Waals surface area contributed by atoms with E-state index in [1.807, 2.05) is 69.3 Å². The summed E-state index contributed by atoms with van der Waals surface area (Å²) in [5, 5.41) is 10.4. The standard InChI is InChI=1S/C24H28N4O3/c1-16(2)23(29)25-12-13-26-24(30)21-15-28(19-10-8-17(3)9-11-19)27-22(21)18-6-5-7-20(14-18)31-4/h5-11,14-16H,12-13H2,1-4H3,(H,25,29)(H,26,30). The third-order valence-electron chi connectivity index (χ3n) is 4.83. The molecule has 0 saturated carbocycles. The molecule has 7 nitrogen and oxygen atoms in total. The van der Waals surface area contributed by atoms with E-state index < -0.39 is 0 Å². The molecule has 0 aliphatic rings. The highest BCUT2D eigenvalue weighted by Crippen LogP contribution is 2.27. The number of aromatic nitrogens is 2. The second-order valence-corrected chi connectivity index (χ2v) is 7.61. The van der Waals surface area contributed by atoms with Gasteiger partial charge in [0.25, 0.3) is 5.91 Å². The molecular formula is C24H28N4O3. The van der Waals surface area contributed by atoms with Gasteiger partial charge in [-0.15, -0.1) is 0 Å². The summed E-state index contributed by atoms with van der Waals surface area (Å²) < 4.78 is 7.03. The van der Waals surface area contributed by atoms with Gasteiger partial charge in [-0.3, -0.25) is 9.59 Å². The van der Waals surface area contributed by atoms with Crippen LogP contribution in [-0.2, 0) is 4.79 Å². The number of amides is 2. The quantitative estimate of drug-likeness (QED) is 0.547. The van der Waals surface area contributed by atoms with Crippen LogP contribution in [0.15, 0.2) is 54.7 Å². The molecule has 7 heteroatoms. The fourth-order valence-corrected chi connectivity index (χ4v) is 3.01. The number of carbonyl (C=O) groups is 2. The second-order valence-electron chi connectivity index (χ2n) is 7.61. The van der Waals surface area contributed by atoms with E-state index in [4.69, 9.17) is 4.74 Å². The van der Waals surface area contributed by atoms with E-state index in [9.17, 15) is 9.59 Å². The summed E-state index contributed by atoms with van der Waals surface area (Å²) in [4.78, 5) is 24.7. The van der Waals surface area contributed by atoms with Gasteiger partial charge in [0.2, 0.25) is 5.91 Å². The Balaban J connectivity index is 1.87. The Morgan fingerprint density at radius 1 is 1.06 bits per heavy atom. The van der Waals surface area contributed by atoms with E-state index in [2.05, 4.69) is 15.7 Å². The fraction of sp³-hybridized carbons (Fsp3) is 0.292. The number of hydrogen-bond donors (Lipinski definition) is 2. The van der Waals surface area contributed by atoms with Crippen molar-refractivity contribution >= 4 is 11.8 Å². The van der Waals surface area contributed by atoms with Gasteiger partial charge in [0.15, 0.2) is 0 Å². The first kappa shape index (κ1) is 22.1. The number of aryl methyl sites for hydroxylation is 1. The minimum Gasteiger partial charge on any atom is -0.497 e. The molecule has 0 aliphatic heterocycles. The highest BCUT2D eigenvalue weighted by atomic mass is 16.5. The Kier molecular flexibility index (Phi) is 7.07. The molecular weight excluding hydrogens is 392 g/mol. The number of hydrogen-bond acceptors (Lipinski definition) is 4. The summed E-state index contributed by atoms with van der Waals surface area (Å²) in [6.45, 7) is 6.36. The normalized spacial score (nSPS) is 10.7. The molecule has 1 heterocycles. The number of nitrogens with one attached hydrogen (secondary N) is 2. The molecule has 0 bridgehead atoms. The number of benzene rings is 2. The molecule has 2 amide bonds. The van der Waals surface area contributed by atoms with Crippen LogP contribution in [0.4, 0.5) is 0 Å². The maximum atomic E-state index is 13.0. The van der Waals surface area contributed by atoms with E-state index in [0.29, 0.717) is 30.1 Å². The molecule has 1 aromatic heterocycles. The van der Waals surface area contributed by atoms with E-state index in [-0.39, 0.29) is 17.7 Å². The van der Waals surface area contributed by atoms with Crippen molar-refractivity contribution in [3.05, 3.63) is 65.9 Å². The van der Waals surface area contributed by atoms with Crippen molar-refractivity contribution in [2.24, 2.45) is 5.92 Å². The number of carbonyl (C=O) groups excluding carboxylic acids is 2. The highest BCUT2D eigenvalue weighted by Gasteiger charge is 2.19. The number of rotatable bonds is 8. The molecule has 0 saturated heterocycles. The highest BCUT2D eigenvalue weighted by molar-refractivity contribution is 6.00. The Morgan fingerprint density at radius 3 is 2.45 bits per heavy atom. The van der Waals surface area contributed by atoms with Gasteiger partial charge in [-0.2, -0.15) is 5.10 Å². The average molecular weight is 421 g/mol. The van der Waals surface area contributed by atoms with Gasteiger partial charge in [-0.05, 0) is 31.2 Å². The molecule has 3 aromatic rings. The lowest BCUT2D eigenvalue weighted by Crippen LogP contribution is -2.36. The lowest BCUT2D eigenvalue weighted by Gasteiger charge is -2.09. The molecule has 0 atom stereocenters. The van der Waals surface area contributed by atoms with E-state index in [0.717, 1.165) is 16.8 Å². The predicted molar refractivity (Wildman–Crippen MR) is 120 cm³/mol. The van der Waals surface area contributed by atoms with Crippen molar-refractivity contribution in [1.29, 1.82) is 0 Å². The first-order valence-electron chi connectivity index (χ1n) is 10.3. The van der Waals surface area contributed by atoms with E-state index in [1.54, 1.807) is 18.0 Å². The second kappa shape index (κ2) is 9.93. The van der Waals surface area contributed by atoms with Gasteiger partial charge in [-0.25, -0.2) is 4.68 Å². The van der Waals surface area contributed by atoms with Crippen LogP contribution < -0.4 is 15.4 Å². The lowest BCUT2D eigenvalue weighted by atomic mass is 10.1. The molecule has 0 unspecified atom stereocenters. The number of nitrogens with zero attached hydrogens (tertiary/aromatic N) is 2. The maximum absolute atomic E-state index is 13.0. The molecule has 2 aromatic carbocycles. The molecule has 0 aliphatic carbocycles. The summed E-state index contributed by atoms with van der Waals surface area (Å²) in [6, 6.07) is 15.4. The third kappa shape index (κ3) is 5.51. The monoisotopic (exact) mass is 420 g/mol. The van der Waals surface area contributed by atoms with Crippen LogP contribution in [0, 0.1) is 12.8 Å². The van der Waals surface area contributed by atoms with Crippen molar-refractivity contribution in [1.82, 2.24) is 20.4 Å². The van der Waals surface area contributed by atoms with Crippen molar-refractivity contribution in [2.45, 2.75) is 20.8 Å². The van der Waals surface area contributed by atoms with Crippen LogP contribution in [0.1, 0.15) is 29.8 Å². The Hall–Kier alpha value is -3.61. The zero-order valence-corrected chi connectivity index (χ0v) is 18.3. The van der Waals surface area contributed by atoms with Gasteiger partial charge >= 0.3 is 0 Å². The Bertz CT molecular complexity index is 1050. The molecule has 162 valence electrons.